The predicted octanol–water partition coefficient (Wildman–Crippen LogP) is 3.76. The van der Waals surface area contributed by atoms with Gasteiger partial charge in [-0.2, -0.15) is 13.2 Å². The zero-order chi connectivity index (χ0) is 22.2. The average molecular weight is 435 g/mol. The second kappa shape index (κ2) is 8.01. The number of carbonyl (C=O) groups is 2. The van der Waals surface area contributed by atoms with Crippen LogP contribution in [0.25, 0.3) is 11.0 Å². The topological polar surface area (TPSA) is 73.2 Å². The van der Waals surface area contributed by atoms with Gasteiger partial charge in [-0.3, -0.25) is 9.59 Å². The highest BCUT2D eigenvalue weighted by atomic mass is 19.4. The highest BCUT2D eigenvalue weighted by molar-refractivity contribution is 5.86. The minimum absolute atomic E-state index is 0.0384. The Bertz CT molecular complexity index is 1120. The smallest absolute Gasteiger partial charge is 0.446 e. The maximum Gasteiger partial charge on any atom is 0.449 e. The Balaban J connectivity index is 1.61. The molecule has 1 unspecified atom stereocenters. The lowest BCUT2D eigenvalue weighted by Crippen LogP contribution is -2.34. The number of hydrogen-bond donors (Lipinski definition) is 1. The molecule has 1 atom stereocenters. The molecule has 6 nitrogen and oxygen atoms in total. The quantitative estimate of drug-likeness (QED) is 0.473. The molecule has 1 amide bonds. The number of hydrogen-bond acceptors (Lipinski definition) is 4. The number of esters is 1. The monoisotopic (exact) mass is 435 g/mol. The molecule has 4 rings (SSSR count). The molecule has 0 aliphatic heterocycles. The van der Waals surface area contributed by atoms with Crippen molar-refractivity contribution < 1.29 is 31.9 Å². The van der Waals surface area contributed by atoms with E-state index in [9.17, 15) is 27.2 Å². The van der Waals surface area contributed by atoms with E-state index < -0.39 is 42.3 Å². The standard InChI is InChI=1S/C21H17F4N3O3/c22-13-7-5-12(6-8-13)18(19(30)26-14-9-10-14)31-17(29)11-28-16-4-2-1-3-15(16)27-20(28)21(23,24)25/h1-8,14,18H,9-11H2,(H,26,30). The predicted molar refractivity (Wildman–Crippen MR) is 101 cm³/mol. The fourth-order valence-electron chi connectivity index (χ4n) is 3.16. The molecular formula is C21H17F4N3O3. The van der Waals surface area contributed by atoms with Gasteiger partial charge >= 0.3 is 12.1 Å². The van der Waals surface area contributed by atoms with Gasteiger partial charge in [-0.1, -0.05) is 24.3 Å². The Morgan fingerprint density at radius 3 is 2.45 bits per heavy atom. The molecule has 10 heteroatoms. The van der Waals surface area contributed by atoms with Crippen LogP contribution >= 0.6 is 0 Å². The second-order valence-corrected chi connectivity index (χ2v) is 7.21. The van der Waals surface area contributed by atoms with Gasteiger partial charge in [0.1, 0.15) is 12.4 Å². The summed E-state index contributed by atoms with van der Waals surface area (Å²) < 4.78 is 59.6. The average Bonchev–Trinajstić information content (AvgIpc) is 3.45. The first kappa shape index (κ1) is 20.8. The van der Waals surface area contributed by atoms with E-state index in [4.69, 9.17) is 4.74 Å². The first-order valence-corrected chi connectivity index (χ1v) is 9.50. The van der Waals surface area contributed by atoms with Crippen molar-refractivity contribution in [1.29, 1.82) is 0 Å². The van der Waals surface area contributed by atoms with E-state index in [-0.39, 0.29) is 22.6 Å². The summed E-state index contributed by atoms with van der Waals surface area (Å²) in [4.78, 5) is 28.7. The number of nitrogens with one attached hydrogen (secondary N) is 1. The highest BCUT2D eigenvalue weighted by Gasteiger charge is 2.38. The minimum Gasteiger partial charge on any atom is -0.446 e. The van der Waals surface area contributed by atoms with Crippen LogP contribution in [0.2, 0.25) is 0 Å². The van der Waals surface area contributed by atoms with E-state index in [0.29, 0.717) is 4.57 Å². The van der Waals surface area contributed by atoms with Gasteiger partial charge in [0.05, 0.1) is 11.0 Å². The highest BCUT2D eigenvalue weighted by Crippen LogP contribution is 2.32. The maximum absolute atomic E-state index is 13.4. The molecule has 2 aromatic carbocycles. The summed E-state index contributed by atoms with van der Waals surface area (Å²) in [7, 11) is 0. The molecule has 1 aliphatic carbocycles. The van der Waals surface area contributed by atoms with Gasteiger partial charge < -0.3 is 14.6 Å². The Morgan fingerprint density at radius 1 is 1.13 bits per heavy atom. The number of fused-ring (bicyclic) bond motifs is 1. The van der Waals surface area contributed by atoms with Crippen molar-refractivity contribution in [3.63, 3.8) is 0 Å². The molecule has 1 fully saturated rings. The molecule has 1 N–H and O–H groups in total. The third kappa shape index (κ3) is 4.68. The Labute approximate surface area is 173 Å². The van der Waals surface area contributed by atoms with Crippen molar-refractivity contribution in [2.24, 2.45) is 0 Å². The normalized spacial score (nSPS) is 15.0. The van der Waals surface area contributed by atoms with Gasteiger partial charge in [-0.25, -0.2) is 9.37 Å². The number of amides is 1. The van der Waals surface area contributed by atoms with Crippen molar-refractivity contribution in [1.82, 2.24) is 14.9 Å². The van der Waals surface area contributed by atoms with Crippen LogP contribution in [-0.2, 0) is 27.0 Å². The lowest BCUT2D eigenvalue weighted by atomic mass is 10.1. The molecule has 0 bridgehead atoms. The number of nitrogens with zero attached hydrogens (tertiary/aromatic N) is 2. The van der Waals surface area contributed by atoms with Crippen molar-refractivity contribution >= 4 is 22.9 Å². The summed E-state index contributed by atoms with van der Waals surface area (Å²) in [5.41, 5.74) is 0.385. The van der Waals surface area contributed by atoms with Crippen molar-refractivity contribution in [2.75, 3.05) is 0 Å². The number of alkyl halides is 3. The molecule has 3 aromatic rings. The van der Waals surface area contributed by atoms with E-state index in [0.717, 1.165) is 25.0 Å². The van der Waals surface area contributed by atoms with Crippen LogP contribution in [0.3, 0.4) is 0 Å². The van der Waals surface area contributed by atoms with Crippen LogP contribution in [0.4, 0.5) is 17.6 Å². The van der Waals surface area contributed by atoms with E-state index >= 15 is 0 Å². The van der Waals surface area contributed by atoms with Crippen LogP contribution in [0.15, 0.2) is 48.5 Å². The van der Waals surface area contributed by atoms with Gasteiger partial charge in [0.25, 0.3) is 5.91 Å². The number of para-hydroxylation sites is 2. The lowest BCUT2D eigenvalue weighted by Gasteiger charge is -2.19. The number of halogens is 4. The van der Waals surface area contributed by atoms with E-state index in [1.54, 1.807) is 0 Å². The largest absolute Gasteiger partial charge is 0.449 e. The molecule has 0 saturated heterocycles. The van der Waals surface area contributed by atoms with Gasteiger partial charge in [0.2, 0.25) is 11.9 Å². The van der Waals surface area contributed by atoms with E-state index in [1.165, 1.54) is 36.4 Å². The molecule has 0 radical (unpaired) electrons. The summed E-state index contributed by atoms with van der Waals surface area (Å²) >= 11 is 0. The fraction of sp³-hybridized carbons (Fsp3) is 0.286. The van der Waals surface area contributed by atoms with Gasteiger partial charge in [-0.05, 0) is 37.1 Å². The van der Waals surface area contributed by atoms with Crippen LogP contribution in [-0.4, -0.2) is 27.5 Å². The van der Waals surface area contributed by atoms with Crippen molar-refractivity contribution in [2.45, 2.75) is 37.7 Å². The third-order valence-corrected chi connectivity index (χ3v) is 4.78. The van der Waals surface area contributed by atoms with Gasteiger partial charge in [-0.15, -0.1) is 0 Å². The summed E-state index contributed by atoms with van der Waals surface area (Å²) in [5, 5.41) is 2.69. The Kier molecular flexibility index (Phi) is 5.38. The molecular weight excluding hydrogens is 418 g/mol. The SMILES string of the molecule is O=C(Cn1c(C(F)(F)F)nc2ccccc21)OC(C(=O)NC1CC1)c1ccc(F)cc1. The zero-order valence-electron chi connectivity index (χ0n) is 16.0. The van der Waals surface area contributed by atoms with Crippen LogP contribution < -0.4 is 5.32 Å². The molecule has 1 saturated carbocycles. The second-order valence-electron chi connectivity index (χ2n) is 7.21. The first-order chi connectivity index (χ1) is 14.7. The van der Waals surface area contributed by atoms with Crippen LogP contribution in [0.1, 0.15) is 30.3 Å². The number of rotatable bonds is 6. The van der Waals surface area contributed by atoms with Crippen LogP contribution in [0.5, 0.6) is 0 Å². The summed E-state index contributed by atoms with van der Waals surface area (Å²) in [5.74, 6) is -3.47. The van der Waals surface area contributed by atoms with Crippen LogP contribution in [0, 0.1) is 5.82 Å². The number of benzene rings is 2. The number of ether oxygens (including phenoxy) is 1. The summed E-state index contributed by atoms with van der Waals surface area (Å²) in [6.07, 6.45) is -4.64. The molecule has 1 aromatic heterocycles. The van der Waals surface area contributed by atoms with E-state index in [1.807, 2.05) is 0 Å². The molecule has 0 spiro atoms. The zero-order valence-corrected chi connectivity index (χ0v) is 16.0. The number of aromatic nitrogens is 2. The maximum atomic E-state index is 13.4. The first-order valence-electron chi connectivity index (χ1n) is 9.50. The summed E-state index contributed by atoms with van der Waals surface area (Å²) in [6, 6.07) is 10.6. The van der Waals surface area contributed by atoms with Crippen molar-refractivity contribution in [3.05, 3.63) is 65.7 Å². The molecule has 1 heterocycles. The van der Waals surface area contributed by atoms with E-state index in [2.05, 4.69) is 10.3 Å². The number of carbonyl (C=O) groups excluding carboxylic acids is 2. The fourth-order valence-corrected chi connectivity index (χ4v) is 3.16. The molecule has 31 heavy (non-hydrogen) atoms. The number of imidazole rings is 1. The summed E-state index contributed by atoms with van der Waals surface area (Å²) in [6.45, 7) is -0.802. The third-order valence-electron chi connectivity index (χ3n) is 4.78. The van der Waals surface area contributed by atoms with Crippen molar-refractivity contribution in [3.8, 4) is 0 Å². The molecule has 162 valence electrons. The lowest BCUT2D eigenvalue weighted by molar-refractivity contribution is -0.159. The Hall–Kier alpha value is -3.43. The minimum atomic E-state index is -4.79. The Morgan fingerprint density at radius 2 is 1.81 bits per heavy atom. The van der Waals surface area contributed by atoms with Gasteiger partial charge in [0.15, 0.2) is 0 Å². The molecule has 1 aliphatic rings. The van der Waals surface area contributed by atoms with Gasteiger partial charge in [0, 0.05) is 11.6 Å².